The Hall–Kier alpha value is -3.65. The van der Waals surface area contributed by atoms with Crippen molar-refractivity contribution in [3.63, 3.8) is 0 Å². The van der Waals surface area contributed by atoms with E-state index in [1.807, 2.05) is 6.92 Å². The fraction of sp³-hybridized carbons (Fsp3) is 0.346. The van der Waals surface area contributed by atoms with Gasteiger partial charge < -0.3 is 24.2 Å². The number of rotatable bonds is 7. The van der Waals surface area contributed by atoms with Gasteiger partial charge in [-0.25, -0.2) is 4.79 Å². The quantitative estimate of drug-likeness (QED) is 0.220. The van der Waals surface area contributed by atoms with Crippen molar-refractivity contribution in [3.8, 4) is 5.75 Å². The van der Waals surface area contributed by atoms with E-state index in [2.05, 4.69) is 0 Å². The standard InChI is InChI=1S/C26H27NO7/c1-15-13-19-14-18(9-10-20(19)34-15)23(28)21-22(16-5-7-17(8-6-16)26(31)33-3)27(11-4-12-32-2)25(30)24(21)29/h5-10,14-15,22,28H,4,11-13H2,1-3H3/b23-21+/t15-,22-/m0/s1. The highest BCUT2D eigenvalue weighted by Gasteiger charge is 2.45. The van der Waals surface area contributed by atoms with Crippen molar-refractivity contribution in [1.29, 1.82) is 0 Å². The summed E-state index contributed by atoms with van der Waals surface area (Å²) in [5.74, 6) is -1.41. The predicted molar refractivity (Wildman–Crippen MR) is 124 cm³/mol. The van der Waals surface area contributed by atoms with Gasteiger partial charge in [0.1, 0.15) is 17.6 Å². The fourth-order valence-electron chi connectivity index (χ4n) is 4.48. The predicted octanol–water partition coefficient (Wildman–Crippen LogP) is 3.25. The van der Waals surface area contributed by atoms with Crippen LogP contribution in [0.4, 0.5) is 0 Å². The normalized spacial score (nSPS) is 20.9. The van der Waals surface area contributed by atoms with Crippen LogP contribution >= 0.6 is 0 Å². The summed E-state index contributed by atoms with van der Waals surface area (Å²) in [5, 5.41) is 11.2. The zero-order valence-corrected chi connectivity index (χ0v) is 19.4. The Balaban J connectivity index is 1.78. The number of ether oxygens (including phenoxy) is 3. The molecule has 2 aromatic carbocycles. The topological polar surface area (TPSA) is 102 Å². The van der Waals surface area contributed by atoms with E-state index >= 15 is 0 Å². The second kappa shape index (κ2) is 9.69. The van der Waals surface area contributed by atoms with Crippen LogP contribution in [0, 0.1) is 0 Å². The minimum absolute atomic E-state index is 0.0140. The van der Waals surface area contributed by atoms with Crippen LogP contribution in [0.5, 0.6) is 5.75 Å². The van der Waals surface area contributed by atoms with Gasteiger partial charge in [-0.2, -0.15) is 0 Å². The molecule has 0 radical (unpaired) electrons. The number of aliphatic hydroxyl groups excluding tert-OH is 1. The van der Waals surface area contributed by atoms with Crippen molar-refractivity contribution in [2.75, 3.05) is 27.4 Å². The number of hydrogen-bond donors (Lipinski definition) is 1. The zero-order valence-electron chi connectivity index (χ0n) is 19.4. The first-order valence-corrected chi connectivity index (χ1v) is 11.1. The van der Waals surface area contributed by atoms with Crippen LogP contribution in [-0.4, -0.2) is 61.1 Å². The molecule has 0 aromatic heterocycles. The summed E-state index contributed by atoms with van der Waals surface area (Å²) < 4.78 is 15.6. The van der Waals surface area contributed by atoms with Gasteiger partial charge in [0, 0.05) is 32.2 Å². The fourth-order valence-corrected chi connectivity index (χ4v) is 4.48. The molecule has 0 unspecified atom stereocenters. The van der Waals surface area contributed by atoms with E-state index in [1.165, 1.54) is 12.0 Å². The maximum absolute atomic E-state index is 13.1. The van der Waals surface area contributed by atoms with Gasteiger partial charge in [0.25, 0.3) is 11.7 Å². The molecular formula is C26H27NO7. The number of carbonyl (C=O) groups excluding carboxylic acids is 3. The minimum Gasteiger partial charge on any atom is -0.507 e. The van der Waals surface area contributed by atoms with Crippen molar-refractivity contribution in [3.05, 3.63) is 70.3 Å². The van der Waals surface area contributed by atoms with Gasteiger partial charge in [0.05, 0.1) is 24.3 Å². The summed E-state index contributed by atoms with van der Waals surface area (Å²) in [6.45, 7) is 2.65. The van der Waals surface area contributed by atoms with Crippen molar-refractivity contribution in [1.82, 2.24) is 4.90 Å². The average Bonchev–Trinajstić information content (AvgIpc) is 3.34. The van der Waals surface area contributed by atoms with Gasteiger partial charge >= 0.3 is 5.97 Å². The zero-order chi connectivity index (χ0) is 24.4. The molecule has 1 fully saturated rings. The maximum atomic E-state index is 13.1. The maximum Gasteiger partial charge on any atom is 0.337 e. The summed E-state index contributed by atoms with van der Waals surface area (Å²) in [4.78, 5) is 39.4. The number of carbonyl (C=O) groups is 3. The molecule has 0 aliphatic carbocycles. The van der Waals surface area contributed by atoms with E-state index in [0.717, 1.165) is 11.3 Å². The largest absolute Gasteiger partial charge is 0.507 e. The first-order valence-electron chi connectivity index (χ1n) is 11.1. The molecule has 4 rings (SSSR count). The van der Waals surface area contributed by atoms with E-state index in [4.69, 9.17) is 14.2 Å². The number of esters is 1. The highest BCUT2D eigenvalue weighted by molar-refractivity contribution is 6.46. The van der Waals surface area contributed by atoms with Crippen molar-refractivity contribution in [2.24, 2.45) is 0 Å². The van der Waals surface area contributed by atoms with Crippen LogP contribution in [0.15, 0.2) is 48.0 Å². The molecule has 2 atom stereocenters. The number of aliphatic hydroxyl groups is 1. The lowest BCUT2D eigenvalue weighted by molar-refractivity contribution is -0.140. The molecule has 2 heterocycles. The van der Waals surface area contributed by atoms with E-state index in [-0.39, 0.29) is 24.0 Å². The first kappa shape index (κ1) is 23.5. The summed E-state index contributed by atoms with van der Waals surface area (Å²) in [6, 6.07) is 10.9. The van der Waals surface area contributed by atoms with E-state index in [1.54, 1.807) is 49.6 Å². The number of methoxy groups -OCH3 is 2. The van der Waals surface area contributed by atoms with Crippen molar-refractivity contribution >= 4 is 23.4 Å². The number of benzene rings is 2. The Bertz CT molecular complexity index is 1150. The van der Waals surface area contributed by atoms with Crippen LogP contribution in [0.25, 0.3) is 5.76 Å². The lowest BCUT2D eigenvalue weighted by Gasteiger charge is -2.25. The third-order valence-electron chi connectivity index (χ3n) is 6.10. The Morgan fingerprint density at radius 1 is 1.12 bits per heavy atom. The molecule has 8 nitrogen and oxygen atoms in total. The Kier molecular flexibility index (Phi) is 6.70. The van der Waals surface area contributed by atoms with Crippen LogP contribution < -0.4 is 4.74 Å². The Morgan fingerprint density at radius 2 is 1.82 bits per heavy atom. The molecule has 2 aromatic rings. The average molecular weight is 466 g/mol. The molecular weight excluding hydrogens is 438 g/mol. The summed E-state index contributed by atoms with van der Waals surface area (Å²) >= 11 is 0. The van der Waals surface area contributed by atoms with E-state index in [9.17, 15) is 19.5 Å². The van der Waals surface area contributed by atoms with Crippen LogP contribution in [0.1, 0.15) is 46.4 Å². The molecule has 2 aliphatic heterocycles. The number of ketones is 1. The second-order valence-corrected chi connectivity index (χ2v) is 8.41. The highest BCUT2D eigenvalue weighted by atomic mass is 16.5. The molecule has 0 spiro atoms. The van der Waals surface area contributed by atoms with Gasteiger partial charge in [-0.05, 0) is 54.8 Å². The van der Waals surface area contributed by atoms with Gasteiger partial charge in [-0.3, -0.25) is 9.59 Å². The SMILES string of the molecule is COCCCN1C(=O)C(=O)/C(=C(/O)c2ccc3c(c2)C[C@H](C)O3)[C@@H]1c1ccc(C(=O)OC)cc1. The number of likely N-dealkylation sites (tertiary alicyclic amines) is 1. The van der Waals surface area contributed by atoms with Crippen LogP contribution in [0.2, 0.25) is 0 Å². The van der Waals surface area contributed by atoms with Crippen molar-refractivity contribution < 1.29 is 33.7 Å². The van der Waals surface area contributed by atoms with E-state index in [0.29, 0.717) is 36.1 Å². The Labute approximate surface area is 197 Å². The smallest absolute Gasteiger partial charge is 0.337 e. The summed E-state index contributed by atoms with van der Waals surface area (Å²) in [5.41, 5.74) is 2.34. The highest BCUT2D eigenvalue weighted by Crippen LogP contribution is 2.40. The third kappa shape index (κ3) is 4.28. The third-order valence-corrected chi connectivity index (χ3v) is 6.10. The molecule has 1 N–H and O–H groups in total. The summed E-state index contributed by atoms with van der Waals surface area (Å²) in [6.07, 6.45) is 1.25. The second-order valence-electron chi connectivity index (χ2n) is 8.41. The first-order chi connectivity index (χ1) is 16.3. The van der Waals surface area contributed by atoms with Crippen LogP contribution in [-0.2, 0) is 25.5 Å². The monoisotopic (exact) mass is 465 g/mol. The number of amides is 1. The lowest BCUT2D eigenvalue weighted by Crippen LogP contribution is -2.31. The van der Waals surface area contributed by atoms with Gasteiger partial charge in [-0.15, -0.1) is 0 Å². The van der Waals surface area contributed by atoms with Gasteiger partial charge in [0.15, 0.2) is 0 Å². The number of Topliss-reactive ketones (excluding diaryl/α,β-unsaturated/α-hetero) is 1. The molecule has 8 heteroatoms. The summed E-state index contributed by atoms with van der Waals surface area (Å²) in [7, 11) is 2.86. The molecule has 178 valence electrons. The molecule has 34 heavy (non-hydrogen) atoms. The van der Waals surface area contributed by atoms with E-state index < -0.39 is 23.7 Å². The van der Waals surface area contributed by atoms with Gasteiger partial charge in [-0.1, -0.05) is 12.1 Å². The number of nitrogens with zero attached hydrogens (tertiary/aromatic N) is 1. The van der Waals surface area contributed by atoms with Gasteiger partial charge in [0.2, 0.25) is 0 Å². The minimum atomic E-state index is -0.799. The molecule has 0 bridgehead atoms. The van der Waals surface area contributed by atoms with Crippen molar-refractivity contribution in [2.45, 2.75) is 31.9 Å². The molecule has 2 aliphatic rings. The Morgan fingerprint density at radius 3 is 2.50 bits per heavy atom. The number of fused-ring (bicyclic) bond motifs is 1. The van der Waals surface area contributed by atoms with Crippen LogP contribution in [0.3, 0.4) is 0 Å². The molecule has 1 amide bonds. The number of hydrogen-bond acceptors (Lipinski definition) is 7. The lowest BCUT2D eigenvalue weighted by atomic mass is 9.94. The molecule has 1 saturated heterocycles. The molecule has 0 saturated carbocycles.